The highest BCUT2D eigenvalue weighted by molar-refractivity contribution is 6.31. The van der Waals surface area contributed by atoms with Crippen molar-refractivity contribution in [1.82, 2.24) is 5.32 Å². The number of carbonyl (C=O) groups excluding carboxylic acids is 1. The summed E-state index contributed by atoms with van der Waals surface area (Å²) in [5, 5.41) is 18.7. The molecule has 0 bridgehead atoms. The number of hydrogen-bond acceptors (Lipinski definition) is 3. The number of carbonyl (C=O) groups is 2. The van der Waals surface area contributed by atoms with Gasteiger partial charge in [0.15, 0.2) is 0 Å². The zero-order valence-corrected chi connectivity index (χ0v) is 6.20. The van der Waals surface area contributed by atoms with Crippen LogP contribution in [-0.2, 0) is 9.59 Å². The molecule has 11 heavy (non-hydrogen) atoms. The molecule has 0 rings (SSSR count). The minimum atomic E-state index is -1.50. The Morgan fingerprint density at radius 3 is 2.45 bits per heavy atom. The first-order valence-corrected chi connectivity index (χ1v) is 3.22. The van der Waals surface area contributed by atoms with Crippen molar-refractivity contribution in [1.29, 1.82) is 0 Å². The lowest BCUT2D eigenvalue weighted by Gasteiger charge is -2.09. The number of carboxylic acids is 1. The standard InChI is InChI=1S/C6H11NO4/c1-4(2-3-8)7-5(9)6(10)11/h4,8H,2-3H2,1H3,(H,7,9)(H,10,11)/t4-/m0/s1. The summed E-state index contributed by atoms with van der Waals surface area (Å²) < 4.78 is 0. The van der Waals surface area contributed by atoms with Crippen LogP contribution in [0, 0.1) is 0 Å². The second kappa shape index (κ2) is 4.68. The van der Waals surface area contributed by atoms with E-state index in [2.05, 4.69) is 5.32 Å². The molecule has 0 aliphatic carbocycles. The second-order valence-corrected chi connectivity index (χ2v) is 2.19. The SMILES string of the molecule is C[C@@H](CCO)NC(=O)C(=O)O. The molecule has 0 fully saturated rings. The molecule has 0 radical (unpaired) electrons. The lowest BCUT2D eigenvalue weighted by Crippen LogP contribution is -2.37. The summed E-state index contributed by atoms with van der Waals surface area (Å²) in [4.78, 5) is 20.4. The fourth-order valence-electron chi connectivity index (χ4n) is 0.551. The van der Waals surface area contributed by atoms with E-state index < -0.39 is 11.9 Å². The maximum absolute atomic E-state index is 10.4. The molecule has 0 aliphatic rings. The Balaban J connectivity index is 3.66. The Bertz CT molecular complexity index is 157. The zero-order valence-electron chi connectivity index (χ0n) is 6.20. The molecule has 0 unspecified atom stereocenters. The van der Waals surface area contributed by atoms with Crippen molar-refractivity contribution < 1.29 is 19.8 Å². The first kappa shape index (κ1) is 9.90. The highest BCUT2D eigenvalue weighted by Gasteiger charge is 2.13. The number of hydrogen-bond donors (Lipinski definition) is 3. The summed E-state index contributed by atoms with van der Waals surface area (Å²) in [6, 6.07) is -0.302. The molecule has 64 valence electrons. The van der Waals surface area contributed by atoms with E-state index in [4.69, 9.17) is 10.2 Å². The van der Waals surface area contributed by atoms with Crippen molar-refractivity contribution in [2.24, 2.45) is 0 Å². The van der Waals surface area contributed by atoms with Gasteiger partial charge in [-0.25, -0.2) is 4.79 Å². The maximum Gasteiger partial charge on any atom is 0.394 e. The van der Waals surface area contributed by atoms with Crippen molar-refractivity contribution in [3.63, 3.8) is 0 Å². The zero-order chi connectivity index (χ0) is 8.85. The summed E-state index contributed by atoms with van der Waals surface area (Å²) >= 11 is 0. The van der Waals surface area contributed by atoms with Crippen LogP contribution >= 0.6 is 0 Å². The molecule has 0 aromatic heterocycles. The van der Waals surface area contributed by atoms with Crippen LogP contribution in [0.25, 0.3) is 0 Å². The van der Waals surface area contributed by atoms with Gasteiger partial charge in [0.25, 0.3) is 0 Å². The molecule has 0 aromatic rings. The van der Waals surface area contributed by atoms with Crippen LogP contribution in [0.4, 0.5) is 0 Å². The van der Waals surface area contributed by atoms with E-state index in [-0.39, 0.29) is 12.6 Å². The van der Waals surface area contributed by atoms with Gasteiger partial charge >= 0.3 is 11.9 Å². The summed E-state index contributed by atoms with van der Waals surface area (Å²) in [5.41, 5.74) is 0. The van der Waals surface area contributed by atoms with Gasteiger partial charge in [0.2, 0.25) is 0 Å². The number of carboxylic acid groups (broad SMARTS) is 1. The maximum atomic E-state index is 10.4. The monoisotopic (exact) mass is 161 g/mol. The molecule has 0 saturated heterocycles. The number of aliphatic carboxylic acids is 1. The fourth-order valence-corrected chi connectivity index (χ4v) is 0.551. The van der Waals surface area contributed by atoms with Crippen molar-refractivity contribution >= 4 is 11.9 Å². The van der Waals surface area contributed by atoms with Gasteiger partial charge in [0.1, 0.15) is 0 Å². The van der Waals surface area contributed by atoms with Crippen LogP contribution < -0.4 is 5.32 Å². The van der Waals surface area contributed by atoms with Gasteiger partial charge in [0.05, 0.1) is 0 Å². The average Bonchev–Trinajstić information content (AvgIpc) is 1.87. The summed E-state index contributed by atoms with van der Waals surface area (Å²) in [6.45, 7) is 1.55. The smallest absolute Gasteiger partial charge is 0.394 e. The normalized spacial score (nSPS) is 12.2. The molecular formula is C6H11NO4. The summed E-state index contributed by atoms with van der Waals surface area (Å²) in [6.07, 6.45) is 0.360. The van der Waals surface area contributed by atoms with E-state index in [1.807, 2.05) is 0 Å². The first-order chi connectivity index (χ1) is 5.07. The lowest BCUT2D eigenvalue weighted by molar-refractivity contribution is -0.150. The van der Waals surface area contributed by atoms with E-state index in [1.165, 1.54) is 0 Å². The molecule has 5 heteroatoms. The van der Waals surface area contributed by atoms with E-state index in [1.54, 1.807) is 6.92 Å². The van der Waals surface area contributed by atoms with Gasteiger partial charge < -0.3 is 15.5 Å². The number of aliphatic hydroxyl groups is 1. The first-order valence-electron chi connectivity index (χ1n) is 3.22. The molecule has 0 saturated carbocycles. The predicted molar refractivity (Wildman–Crippen MR) is 36.9 cm³/mol. The van der Waals surface area contributed by atoms with Crippen molar-refractivity contribution in [3.8, 4) is 0 Å². The predicted octanol–water partition coefficient (Wildman–Crippen LogP) is -1.04. The summed E-state index contributed by atoms with van der Waals surface area (Å²) in [7, 11) is 0. The van der Waals surface area contributed by atoms with Gasteiger partial charge in [0, 0.05) is 12.6 Å². The third-order valence-corrected chi connectivity index (χ3v) is 1.13. The molecule has 0 aromatic carbocycles. The quantitative estimate of drug-likeness (QED) is 0.461. The van der Waals surface area contributed by atoms with Crippen LogP contribution in [0.2, 0.25) is 0 Å². The Kier molecular flexibility index (Phi) is 4.21. The number of nitrogens with one attached hydrogen (secondary N) is 1. The van der Waals surface area contributed by atoms with E-state index in [0.717, 1.165) is 0 Å². The topological polar surface area (TPSA) is 86.6 Å². The minimum absolute atomic E-state index is 0.0684. The minimum Gasteiger partial charge on any atom is -0.474 e. The van der Waals surface area contributed by atoms with Crippen molar-refractivity contribution in [2.45, 2.75) is 19.4 Å². The molecular weight excluding hydrogens is 150 g/mol. The van der Waals surface area contributed by atoms with E-state index in [9.17, 15) is 9.59 Å². The van der Waals surface area contributed by atoms with Crippen molar-refractivity contribution in [2.75, 3.05) is 6.61 Å². The Morgan fingerprint density at radius 2 is 2.09 bits per heavy atom. The fraction of sp³-hybridized carbons (Fsp3) is 0.667. The largest absolute Gasteiger partial charge is 0.474 e. The van der Waals surface area contributed by atoms with Crippen LogP contribution in [-0.4, -0.2) is 34.7 Å². The summed E-state index contributed by atoms with van der Waals surface area (Å²) in [5.74, 6) is -2.54. The van der Waals surface area contributed by atoms with E-state index in [0.29, 0.717) is 6.42 Å². The molecule has 1 amide bonds. The highest BCUT2D eigenvalue weighted by atomic mass is 16.4. The molecule has 0 heterocycles. The molecule has 3 N–H and O–H groups in total. The Hall–Kier alpha value is -1.10. The third-order valence-electron chi connectivity index (χ3n) is 1.13. The van der Waals surface area contributed by atoms with Crippen LogP contribution in [0.5, 0.6) is 0 Å². The third kappa shape index (κ3) is 4.32. The molecule has 1 atom stereocenters. The van der Waals surface area contributed by atoms with Gasteiger partial charge in [-0.15, -0.1) is 0 Å². The lowest BCUT2D eigenvalue weighted by atomic mass is 10.2. The average molecular weight is 161 g/mol. The van der Waals surface area contributed by atoms with Gasteiger partial charge in [-0.2, -0.15) is 0 Å². The van der Waals surface area contributed by atoms with Gasteiger partial charge in [-0.1, -0.05) is 0 Å². The second-order valence-electron chi connectivity index (χ2n) is 2.19. The Labute approximate surface area is 64.0 Å². The highest BCUT2D eigenvalue weighted by Crippen LogP contribution is 1.87. The molecule has 0 spiro atoms. The van der Waals surface area contributed by atoms with Crippen LogP contribution in [0.3, 0.4) is 0 Å². The van der Waals surface area contributed by atoms with Gasteiger partial charge in [-0.05, 0) is 13.3 Å². The number of aliphatic hydroxyl groups excluding tert-OH is 1. The van der Waals surface area contributed by atoms with E-state index >= 15 is 0 Å². The molecule has 0 aliphatic heterocycles. The number of rotatable bonds is 3. The van der Waals surface area contributed by atoms with Gasteiger partial charge in [-0.3, -0.25) is 4.79 Å². The van der Waals surface area contributed by atoms with Crippen LogP contribution in [0.1, 0.15) is 13.3 Å². The van der Waals surface area contributed by atoms with Crippen molar-refractivity contribution in [3.05, 3.63) is 0 Å². The Morgan fingerprint density at radius 1 is 1.55 bits per heavy atom. The van der Waals surface area contributed by atoms with Crippen LogP contribution in [0.15, 0.2) is 0 Å². The number of amides is 1. The molecule has 5 nitrogen and oxygen atoms in total.